The van der Waals surface area contributed by atoms with Crippen LogP contribution in [0.3, 0.4) is 0 Å². The molecule has 1 amide bonds. The highest BCUT2D eigenvalue weighted by atomic mass is 16.5. The van der Waals surface area contributed by atoms with Crippen molar-refractivity contribution >= 4 is 17.0 Å². The Morgan fingerprint density at radius 3 is 2.59 bits per heavy atom. The van der Waals surface area contributed by atoms with Crippen molar-refractivity contribution in [3.05, 3.63) is 35.9 Å². The van der Waals surface area contributed by atoms with Gasteiger partial charge in [0.05, 0.1) is 18.3 Å². The normalized spacial score (nSPS) is 19.0. The van der Waals surface area contributed by atoms with Crippen molar-refractivity contribution in [1.82, 2.24) is 29.7 Å². The molecule has 0 N–H and O–H groups in total. The van der Waals surface area contributed by atoms with Crippen LogP contribution in [0.1, 0.15) is 50.1 Å². The summed E-state index contributed by atoms with van der Waals surface area (Å²) < 4.78 is 12.3. The molecule has 0 radical (unpaired) electrons. The number of hydrogen-bond donors (Lipinski definition) is 0. The van der Waals surface area contributed by atoms with E-state index in [4.69, 9.17) is 19.3 Å². The Bertz CT molecular complexity index is 1080. The Morgan fingerprint density at radius 2 is 1.88 bits per heavy atom. The number of rotatable bonds is 4. The SMILES string of the molecule is CCc1nn(-c2noc(C3CCN(C4CCN(C(=O)OC)CC4)CC3)n2)c2ccccc12. The molecular weight excluding hydrogens is 408 g/mol. The second kappa shape index (κ2) is 8.90. The summed E-state index contributed by atoms with van der Waals surface area (Å²) in [5, 5.41) is 10.1. The van der Waals surface area contributed by atoms with E-state index in [1.54, 1.807) is 9.58 Å². The summed E-state index contributed by atoms with van der Waals surface area (Å²) >= 11 is 0. The average Bonchev–Trinajstić information content (AvgIpc) is 3.49. The van der Waals surface area contributed by atoms with Crippen LogP contribution in [0, 0.1) is 0 Å². The molecule has 2 fully saturated rings. The number of fused-ring (bicyclic) bond motifs is 1. The Morgan fingerprint density at radius 1 is 1.12 bits per heavy atom. The molecule has 0 saturated carbocycles. The van der Waals surface area contributed by atoms with Gasteiger partial charge in [-0.05, 0) is 56.4 Å². The number of nitrogens with zero attached hydrogens (tertiary/aromatic N) is 6. The largest absolute Gasteiger partial charge is 0.453 e. The maximum absolute atomic E-state index is 11.7. The molecule has 5 rings (SSSR count). The van der Waals surface area contributed by atoms with Crippen LogP contribution in [0.25, 0.3) is 16.9 Å². The quantitative estimate of drug-likeness (QED) is 0.617. The number of piperidine rings is 2. The Hall–Kier alpha value is -2.94. The van der Waals surface area contributed by atoms with E-state index in [-0.39, 0.29) is 12.0 Å². The Kier molecular flexibility index (Phi) is 5.82. The smallest absolute Gasteiger partial charge is 0.409 e. The zero-order valence-corrected chi connectivity index (χ0v) is 18.7. The minimum absolute atomic E-state index is 0.217. The first-order valence-electron chi connectivity index (χ1n) is 11.6. The van der Waals surface area contributed by atoms with Crippen LogP contribution >= 0.6 is 0 Å². The minimum Gasteiger partial charge on any atom is -0.453 e. The lowest BCUT2D eigenvalue weighted by Crippen LogP contribution is -2.48. The number of hydrogen-bond acceptors (Lipinski definition) is 7. The van der Waals surface area contributed by atoms with Crippen LogP contribution in [0.5, 0.6) is 0 Å². The number of carbonyl (C=O) groups excluding carboxylic acids is 1. The molecule has 170 valence electrons. The van der Waals surface area contributed by atoms with E-state index < -0.39 is 0 Å². The summed E-state index contributed by atoms with van der Waals surface area (Å²) in [5.41, 5.74) is 2.04. The maximum atomic E-state index is 11.7. The molecule has 2 aliphatic heterocycles. The second-order valence-electron chi connectivity index (χ2n) is 8.66. The maximum Gasteiger partial charge on any atom is 0.409 e. The van der Waals surface area contributed by atoms with Gasteiger partial charge < -0.3 is 19.1 Å². The summed E-state index contributed by atoms with van der Waals surface area (Å²) in [6.07, 6.45) is 4.63. The fourth-order valence-corrected chi connectivity index (χ4v) is 5.08. The van der Waals surface area contributed by atoms with Gasteiger partial charge in [-0.15, -0.1) is 0 Å². The van der Waals surface area contributed by atoms with Crippen LogP contribution in [0.2, 0.25) is 0 Å². The van der Waals surface area contributed by atoms with Crippen LogP contribution < -0.4 is 0 Å². The third kappa shape index (κ3) is 3.85. The molecule has 2 aromatic heterocycles. The van der Waals surface area contributed by atoms with Crippen molar-refractivity contribution in [3.63, 3.8) is 0 Å². The van der Waals surface area contributed by atoms with Gasteiger partial charge in [0.25, 0.3) is 5.95 Å². The van der Waals surface area contributed by atoms with E-state index in [0.29, 0.717) is 17.9 Å². The van der Waals surface area contributed by atoms with E-state index in [9.17, 15) is 4.79 Å². The summed E-state index contributed by atoms with van der Waals surface area (Å²) in [4.78, 5) is 20.8. The first-order chi connectivity index (χ1) is 15.7. The van der Waals surface area contributed by atoms with Crippen molar-refractivity contribution in [3.8, 4) is 5.95 Å². The van der Waals surface area contributed by atoms with Gasteiger partial charge in [0.2, 0.25) is 5.89 Å². The number of benzene rings is 1. The Balaban J connectivity index is 1.22. The summed E-state index contributed by atoms with van der Waals surface area (Å²) in [6, 6.07) is 8.69. The van der Waals surface area contributed by atoms with Crippen LogP contribution in [-0.4, -0.2) is 75.1 Å². The fraction of sp³-hybridized carbons (Fsp3) is 0.565. The molecule has 2 aliphatic rings. The van der Waals surface area contributed by atoms with Crippen molar-refractivity contribution in [2.75, 3.05) is 33.3 Å². The monoisotopic (exact) mass is 438 g/mol. The Labute approximate surface area is 187 Å². The number of ether oxygens (including phenoxy) is 1. The highest BCUT2D eigenvalue weighted by molar-refractivity contribution is 5.83. The molecule has 0 bridgehead atoms. The third-order valence-electron chi connectivity index (χ3n) is 6.91. The van der Waals surface area contributed by atoms with Gasteiger partial charge in [-0.2, -0.15) is 14.8 Å². The zero-order chi connectivity index (χ0) is 22.1. The van der Waals surface area contributed by atoms with E-state index in [1.165, 1.54) is 7.11 Å². The van der Waals surface area contributed by atoms with Crippen LogP contribution in [0.15, 0.2) is 28.8 Å². The highest BCUT2D eigenvalue weighted by Crippen LogP contribution is 2.31. The number of amides is 1. The molecule has 9 nitrogen and oxygen atoms in total. The standard InChI is InChI=1S/C23H30N6O3/c1-3-19-18-6-4-5-7-20(18)29(25-19)22-24-21(32-26-22)16-8-12-27(13-9-16)17-10-14-28(15-11-17)23(30)31-2/h4-7,16-17H,3,8-15H2,1-2H3. The van der Waals surface area contributed by atoms with Crippen LogP contribution in [-0.2, 0) is 11.2 Å². The number of aromatic nitrogens is 4. The minimum atomic E-state index is -0.217. The molecule has 3 aromatic rings. The van der Waals surface area contributed by atoms with Gasteiger partial charge in [0, 0.05) is 30.4 Å². The summed E-state index contributed by atoms with van der Waals surface area (Å²) in [5.74, 6) is 1.49. The van der Waals surface area contributed by atoms with Crippen molar-refractivity contribution in [1.29, 1.82) is 0 Å². The third-order valence-corrected chi connectivity index (χ3v) is 6.91. The number of likely N-dealkylation sites (tertiary alicyclic amines) is 2. The molecule has 32 heavy (non-hydrogen) atoms. The fourth-order valence-electron chi connectivity index (χ4n) is 5.08. The molecule has 9 heteroatoms. The lowest BCUT2D eigenvalue weighted by Gasteiger charge is -2.40. The van der Waals surface area contributed by atoms with Gasteiger partial charge in [-0.3, -0.25) is 0 Å². The van der Waals surface area contributed by atoms with Gasteiger partial charge in [0.15, 0.2) is 0 Å². The second-order valence-corrected chi connectivity index (χ2v) is 8.66. The lowest BCUT2D eigenvalue weighted by atomic mass is 9.93. The molecule has 2 saturated heterocycles. The van der Waals surface area contributed by atoms with Gasteiger partial charge in [0.1, 0.15) is 0 Å². The first-order valence-corrected chi connectivity index (χ1v) is 11.6. The molecule has 0 aliphatic carbocycles. The van der Waals surface area contributed by atoms with Crippen molar-refractivity contribution in [2.45, 2.75) is 51.0 Å². The number of carbonyl (C=O) groups is 1. The average molecular weight is 439 g/mol. The van der Waals surface area contributed by atoms with Gasteiger partial charge in [-0.1, -0.05) is 25.1 Å². The lowest BCUT2D eigenvalue weighted by molar-refractivity contribution is 0.0712. The number of para-hydroxylation sites is 1. The molecular formula is C23H30N6O3. The molecule has 0 atom stereocenters. The molecule has 0 unspecified atom stereocenters. The summed E-state index contributed by atoms with van der Waals surface area (Å²) in [6.45, 7) is 5.66. The highest BCUT2D eigenvalue weighted by Gasteiger charge is 2.32. The first kappa shape index (κ1) is 20.9. The molecule has 4 heterocycles. The molecule has 0 spiro atoms. The predicted molar refractivity (Wildman–Crippen MR) is 119 cm³/mol. The van der Waals surface area contributed by atoms with E-state index in [1.807, 2.05) is 18.2 Å². The van der Waals surface area contributed by atoms with Crippen LogP contribution in [0.4, 0.5) is 4.79 Å². The topological polar surface area (TPSA) is 89.5 Å². The number of methoxy groups -OCH3 is 1. The predicted octanol–water partition coefficient (Wildman–Crippen LogP) is 3.38. The van der Waals surface area contributed by atoms with E-state index in [2.05, 4.69) is 23.0 Å². The molecule has 1 aromatic carbocycles. The zero-order valence-electron chi connectivity index (χ0n) is 18.7. The van der Waals surface area contributed by atoms with Crippen molar-refractivity contribution < 1.29 is 14.1 Å². The summed E-state index contributed by atoms with van der Waals surface area (Å²) in [7, 11) is 1.44. The van der Waals surface area contributed by atoms with Gasteiger partial charge >= 0.3 is 6.09 Å². The van der Waals surface area contributed by atoms with E-state index in [0.717, 1.165) is 74.9 Å². The van der Waals surface area contributed by atoms with Crippen molar-refractivity contribution in [2.24, 2.45) is 0 Å². The van der Waals surface area contributed by atoms with E-state index >= 15 is 0 Å². The number of aryl methyl sites for hydroxylation is 1. The van der Waals surface area contributed by atoms with Gasteiger partial charge in [-0.25, -0.2) is 4.79 Å².